The zero-order chi connectivity index (χ0) is 13.1. The van der Waals surface area contributed by atoms with Gasteiger partial charge in [0.05, 0.1) is 11.7 Å². The van der Waals surface area contributed by atoms with Gasteiger partial charge in [-0.15, -0.1) is 0 Å². The fraction of sp³-hybridized carbons (Fsp3) is 1.00. The highest BCUT2D eigenvalue weighted by Gasteiger charge is 2.44. The quantitative estimate of drug-likeness (QED) is 0.798. The van der Waals surface area contributed by atoms with Crippen molar-refractivity contribution in [2.75, 3.05) is 13.7 Å². The zero-order valence-corrected chi connectivity index (χ0v) is 11.7. The Morgan fingerprint density at radius 1 is 1.35 bits per heavy atom. The molecule has 1 aliphatic rings. The number of aliphatic hydroxyl groups is 2. The van der Waals surface area contributed by atoms with Gasteiger partial charge >= 0.3 is 0 Å². The number of hydrogen-bond donors (Lipinski definition) is 2. The number of methoxy groups -OCH3 is 1. The van der Waals surface area contributed by atoms with Gasteiger partial charge in [0.25, 0.3) is 0 Å². The molecule has 0 unspecified atom stereocenters. The Kier molecular flexibility index (Phi) is 4.99. The van der Waals surface area contributed by atoms with Crippen molar-refractivity contribution in [1.82, 2.24) is 0 Å². The van der Waals surface area contributed by atoms with Gasteiger partial charge < -0.3 is 14.9 Å². The van der Waals surface area contributed by atoms with Crippen LogP contribution in [-0.4, -0.2) is 35.6 Å². The van der Waals surface area contributed by atoms with Crippen LogP contribution in [-0.2, 0) is 4.74 Å². The molecule has 0 bridgehead atoms. The maximum Gasteiger partial charge on any atom is 0.0909 e. The minimum absolute atomic E-state index is 0.0907. The van der Waals surface area contributed by atoms with Gasteiger partial charge in [0.2, 0.25) is 0 Å². The SMILES string of the molecule is CO[C@H]1C[C@@H](C(C)(C)C)CC[C@]1(O)CCCO. The lowest BCUT2D eigenvalue weighted by Crippen LogP contribution is -2.50. The molecule has 0 spiro atoms. The number of aliphatic hydroxyl groups excluding tert-OH is 1. The fourth-order valence-electron chi connectivity index (χ4n) is 2.95. The molecular weight excluding hydrogens is 216 g/mol. The van der Waals surface area contributed by atoms with Crippen LogP contribution in [0.1, 0.15) is 52.9 Å². The van der Waals surface area contributed by atoms with Gasteiger partial charge in [0.15, 0.2) is 0 Å². The van der Waals surface area contributed by atoms with E-state index in [4.69, 9.17) is 9.84 Å². The molecule has 3 atom stereocenters. The molecule has 2 N–H and O–H groups in total. The summed E-state index contributed by atoms with van der Waals surface area (Å²) in [7, 11) is 1.68. The van der Waals surface area contributed by atoms with E-state index in [2.05, 4.69) is 20.8 Å². The van der Waals surface area contributed by atoms with Gasteiger partial charge in [-0.05, 0) is 43.4 Å². The van der Waals surface area contributed by atoms with Crippen molar-refractivity contribution in [3.8, 4) is 0 Å². The van der Waals surface area contributed by atoms with Crippen molar-refractivity contribution in [1.29, 1.82) is 0 Å². The molecule has 1 saturated carbocycles. The van der Waals surface area contributed by atoms with Crippen molar-refractivity contribution in [2.24, 2.45) is 11.3 Å². The average Bonchev–Trinajstić information content (AvgIpc) is 2.25. The minimum atomic E-state index is -0.737. The summed E-state index contributed by atoms with van der Waals surface area (Å²) < 4.78 is 5.50. The second kappa shape index (κ2) is 5.68. The highest BCUT2D eigenvalue weighted by Crippen LogP contribution is 2.43. The van der Waals surface area contributed by atoms with Gasteiger partial charge in [-0.25, -0.2) is 0 Å². The monoisotopic (exact) mass is 244 g/mol. The van der Waals surface area contributed by atoms with Crippen LogP contribution in [0.2, 0.25) is 0 Å². The predicted octanol–water partition coefficient (Wildman–Crippen LogP) is 2.35. The first-order valence-corrected chi connectivity index (χ1v) is 6.69. The zero-order valence-electron chi connectivity index (χ0n) is 11.7. The Morgan fingerprint density at radius 3 is 2.47 bits per heavy atom. The van der Waals surface area contributed by atoms with E-state index in [1.54, 1.807) is 7.11 Å². The van der Waals surface area contributed by atoms with E-state index in [9.17, 15) is 5.11 Å². The number of hydrogen-bond acceptors (Lipinski definition) is 3. The second-order valence-electron chi connectivity index (χ2n) is 6.49. The molecule has 0 aromatic carbocycles. The molecule has 0 aromatic rings. The number of rotatable bonds is 4. The summed E-state index contributed by atoms with van der Waals surface area (Å²) in [6.07, 6.45) is 3.95. The van der Waals surface area contributed by atoms with Gasteiger partial charge in [-0.2, -0.15) is 0 Å². The van der Waals surface area contributed by atoms with Crippen molar-refractivity contribution in [3.05, 3.63) is 0 Å². The van der Waals surface area contributed by atoms with E-state index in [1.165, 1.54) is 0 Å². The third-order valence-electron chi connectivity index (χ3n) is 4.30. The number of ether oxygens (including phenoxy) is 1. The summed E-state index contributed by atoms with van der Waals surface area (Å²) >= 11 is 0. The highest BCUT2D eigenvalue weighted by atomic mass is 16.5. The lowest BCUT2D eigenvalue weighted by Gasteiger charge is -2.46. The Labute approximate surface area is 105 Å². The molecule has 1 rings (SSSR count). The third-order valence-corrected chi connectivity index (χ3v) is 4.30. The fourth-order valence-corrected chi connectivity index (χ4v) is 2.95. The second-order valence-corrected chi connectivity index (χ2v) is 6.49. The Balaban J connectivity index is 2.67. The maximum atomic E-state index is 10.6. The van der Waals surface area contributed by atoms with Crippen LogP contribution in [0.15, 0.2) is 0 Å². The summed E-state index contributed by atoms with van der Waals surface area (Å²) in [5.41, 5.74) is -0.464. The molecule has 0 aromatic heterocycles. The molecule has 1 aliphatic carbocycles. The lowest BCUT2D eigenvalue weighted by molar-refractivity contribution is -0.142. The highest BCUT2D eigenvalue weighted by molar-refractivity contribution is 4.96. The summed E-state index contributed by atoms with van der Waals surface area (Å²) in [5, 5.41) is 19.5. The van der Waals surface area contributed by atoms with Crippen molar-refractivity contribution in [2.45, 2.75) is 64.6 Å². The van der Waals surface area contributed by atoms with Crippen molar-refractivity contribution < 1.29 is 14.9 Å². The first-order chi connectivity index (χ1) is 7.83. The topological polar surface area (TPSA) is 49.7 Å². The lowest BCUT2D eigenvalue weighted by atomic mass is 9.66. The third kappa shape index (κ3) is 3.67. The van der Waals surface area contributed by atoms with Crippen LogP contribution in [0.25, 0.3) is 0 Å². The van der Waals surface area contributed by atoms with E-state index in [0.717, 1.165) is 19.3 Å². The molecule has 0 heterocycles. The first kappa shape index (κ1) is 14.9. The van der Waals surface area contributed by atoms with E-state index >= 15 is 0 Å². The van der Waals surface area contributed by atoms with Crippen molar-refractivity contribution >= 4 is 0 Å². The average molecular weight is 244 g/mol. The first-order valence-electron chi connectivity index (χ1n) is 6.69. The van der Waals surface area contributed by atoms with Crippen LogP contribution in [0.4, 0.5) is 0 Å². The molecule has 17 heavy (non-hydrogen) atoms. The molecule has 3 heteroatoms. The molecule has 0 aliphatic heterocycles. The van der Waals surface area contributed by atoms with Crippen molar-refractivity contribution in [3.63, 3.8) is 0 Å². The summed E-state index contributed by atoms with van der Waals surface area (Å²) in [6, 6.07) is 0. The molecular formula is C14H28O3. The molecule has 102 valence electrons. The van der Waals surface area contributed by atoms with Gasteiger partial charge in [0.1, 0.15) is 0 Å². The Morgan fingerprint density at radius 2 is 2.00 bits per heavy atom. The molecule has 1 fully saturated rings. The summed E-state index contributed by atoms with van der Waals surface area (Å²) in [4.78, 5) is 0. The Hall–Kier alpha value is -0.120. The maximum absolute atomic E-state index is 10.6. The molecule has 0 radical (unpaired) electrons. The minimum Gasteiger partial charge on any atom is -0.396 e. The summed E-state index contributed by atoms with van der Waals surface area (Å²) in [5.74, 6) is 0.599. The van der Waals surface area contributed by atoms with Crippen LogP contribution in [0.3, 0.4) is 0 Å². The standard InChI is InChI=1S/C14H28O3/c1-13(2,3)11-6-8-14(16,7-5-9-15)12(10-11)17-4/h11-12,15-16H,5-10H2,1-4H3/t11-,12-,14+/m0/s1. The van der Waals surface area contributed by atoms with Crippen LogP contribution in [0.5, 0.6) is 0 Å². The van der Waals surface area contributed by atoms with Crippen LogP contribution in [0, 0.1) is 11.3 Å². The smallest absolute Gasteiger partial charge is 0.0909 e. The summed E-state index contributed by atoms with van der Waals surface area (Å²) in [6.45, 7) is 6.90. The predicted molar refractivity (Wildman–Crippen MR) is 68.9 cm³/mol. The van der Waals surface area contributed by atoms with Gasteiger partial charge in [-0.3, -0.25) is 0 Å². The molecule has 3 nitrogen and oxygen atoms in total. The van der Waals surface area contributed by atoms with E-state index < -0.39 is 5.60 Å². The van der Waals surface area contributed by atoms with Crippen LogP contribution < -0.4 is 0 Å². The Bertz CT molecular complexity index is 234. The van der Waals surface area contributed by atoms with Gasteiger partial charge in [0, 0.05) is 13.7 Å². The van der Waals surface area contributed by atoms with Crippen LogP contribution >= 0.6 is 0 Å². The van der Waals surface area contributed by atoms with Gasteiger partial charge in [-0.1, -0.05) is 20.8 Å². The molecule has 0 amide bonds. The van der Waals surface area contributed by atoms with E-state index in [1.807, 2.05) is 0 Å². The van der Waals surface area contributed by atoms with E-state index in [-0.39, 0.29) is 18.1 Å². The normalized spacial score (nSPS) is 34.9. The molecule has 0 saturated heterocycles. The van der Waals surface area contributed by atoms with E-state index in [0.29, 0.717) is 18.8 Å². The largest absolute Gasteiger partial charge is 0.396 e.